The van der Waals surface area contributed by atoms with Crippen LogP contribution in [0.2, 0.25) is 0 Å². The molecule has 1 aromatic rings. The zero-order valence-electron chi connectivity index (χ0n) is 10.8. The zero-order valence-corrected chi connectivity index (χ0v) is 10.8. The van der Waals surface area contributed by atoms with E-state index in [1.807, 2.05) is 0 Å². The molecule has 19 heavy (non-hydrogen) atoms. The number of esters is 1. The molecule has 1 aromatic carbocycles. The fourth-order valence-electron chi connectivity index (χ4n) is 1.29. The van der Waals surface area contributed by atoms with Gasteiger partial charge >= 0.3 is 5.97 Å². The molecule has 102 valence electrons. The Morgan fingerprint density at radius 1 is 1.26 bits per heavy atom. The number of nitrogens with two attached hydrogens (primary N) is 1. The highest BCUT2D eigenvalue weighted by molar-refractivity contribution is 5.97. The molecule has 6 nitrogen and oxygen atoms in total. The standard InChI is InChI=1S/C13H16N2O4/c1-8(12(14)17)15-13(18)11-5-3-10(4-6-11)7-19-9(2)16/h3-6,8H,7H2,1-2H3,(H2,14,17)(H,15,18)/t8-/m1/s1. The number of hydrogen-bond acceptors (Lipinski definition) is 4. The monoisotopic (exact) mass is 264 g/mol. The first-order chi connectivity index (χ1) is 8.90. The molecular weight excluding hydrogens is 248 g/mol. The van der Waals surface area contributed by atoms with Crippen molar-refractivity contribution in [3.8, 4) is 0 Å². The number of benzene rings is 1. The molecular formula is C13H16N2O4. The smallest absolute Gasteiger partial charge is 0.302 e. The van der Waals surface area contributed by atoms with E-state index in [0.717, 1.165) is 5.56 Å². The summed E-state index contributed by atoms with van der Waals surface area (Å²) < 4.78 is 4.82. The number of hydrogen-bond donors (Lipinski definition) is 2. The van der Waals surface area contributed by atoms with E-state index in [0.29, 0.717) is 5.56 Å². The Labute approximate surface area is 110 Å². The minimum atomic E-state index is -0.728. The lowest BCUT2D eigenvalue weighted by atomic mass is 10.1. The third-order valence-corrected chi connectivity index (χ3v) is 2.43. The van der Waals surface area contributed by atoms with Gasteiger partial charge in [-0.1, -0.05) is 12.1 Å². The predicted octanol–water partition coefficient (Wildman–Crippen LogP) is 0.353. The lowest BCUT2D eigenvalue weighted by molar-refractivity contribution is -0.142. The molecule has 0 fully saturated rings. The first-order valence-corrected chi connectivity index (χ1v) is 5.72. The summed E-state index contributed by atoms with van der Waals surface area (Å²) in [5.41, 5.74) is 6.23. The topological polar surface area (TPSA) is 98.5 Å². The second-order valence-electron chi connectivity index (χ2n) is 4.07. The van der Waals surface area contributed by atoms with Gasteiger partial charge in [-0.05, 0) is 24.6 Å². The molecule has 0 aromatic heterocycles. The van der Waals surface area contributed by atoms with Gasteiger partial charge in [-0.3, -0.25) is 14.4 Å². The van der Waals surface area contributed by atoms with Gasteiger partial charge in [0.05, 0.1) is 0 Å². The summed E-state index contributed by atoms with van der Waals surface area (Å²) in [6, 6.07) is 5.79. The van der Waals surface area contributed by atoms with Gasteiger partial charge in [-0.2, -0.15) is 0 Å². The molecule has 0 radical (unpaired) electrons. The second kappa shape index (κ2) is 6.53. The van der Waals surface area contributed by atoms with Crippen LogP contribution >= 0.6 is 0 Å². The number of primary amides is 1. The first kappa shape index (κ1) is 14.7. The van der Waals surface area contributed by atoms with Gasteiger partial charge < -0.3 is 15.8 Å². The summed E-state index contributed by atoms with van der Waals surface area (Å²) in [5.74, 6) is -1.35. The average molecular weight is 264 g/mol. The maximum atomic E-state index is 11.7. The van der Waals surface area contributed by atoms with E-state index in [1.54, 1.807) is 24.3 Å². The lowest BCUT2D eigenvalue weighted by Gasteiger charge is -2.10. The molecule has 1 atom stereocenters. The molecule has 0 heterocycles. The van der Waals surface area contributed by atoms with Gasteiger partial charge in [-0.15, -0.1) is 0 Å². The molecule has 6 heteroatoms. The van der Waals surface area contributed by atoms with Crippen LogP contribution in [-0.2, 0) is 20.9 Å². The van der Waals surface area contributed by atoms with Crippen molar-refractivity contribution < 1.29 is 19.1 Å². The van der Waals surface area contributed by atoms with E-state index in [4.69, 9.17) is 10.5 Å². The number of nitrogens with one attached hydrogen (secondary N) is 1. The molecule has 0 unspecified atom stereocenters. The summed E-state index contributed by atoms with van der Waals surface area (Å²) in [6.07, 6.45) is 0. The average Bonchev–Trinajstić information content (AvgIpc) is 2.36. The van der Waals surface area contributed by atoms with Crippen molar-refractivity contribution in [1.82, 2.24) is 5.32 Å². The number of carbonyl (C=O) groups is 3. The van der Waals surface area contributed by atoms with E-state index in [1.165, 1.54) is 13.8 Å². The number of ether oxygens (including phenoxy) is 1. The quantitative estimate of drug-likeness (QED) is 0.750. The van der Waals surface area contributed by atoms with Crippen molar-refractivity contribution >= 4 is 17.8 Å². The molecule has 2 amide bonds. The van der Waals surface area contributed by atoms with E-state index in [9.17, 15) is 14.4 Å². The Hall–Kier alpha value is -2.37. The van der Waals surface area contributed by atoms with Crippen LogP contribution in [0.4, 0.5) is 0 Å². The van der Waals surface area contributed by atoms with Crippen LogP contribution in [0.1, 0.15) is 29.8 Å². The van der Waals surface area contributed by atoms with E-state index in [-0.39, 0.29) is 18.5 Å². The predicted molar refractivity (Wildman–Crippen MR) is 68.0 cm³/mol. The molecule has 0 spiro atoms. The molecule has 0 saturated heterocycles. The third kappa shape index (κ3) is 4.79. The fourth-order valence-corrected chi connectivity index (χ4v) is 1.29. The maximum absolute atomic E-state index is 11.7. The largest absolute Gasteiger partial charge is 0.461 e. The molecule has 0 saturated carbocycles. The summed E-state index contributed by atoms with van der Waals surface area (Å²) in [4.78, 5) is 33.2. The highest BCUT2D eigenvalue weighted by atomic mass is 16.5. The van der Waals surface area contributed by atoms with Crippen LogP contribution in [0.5, 0.6) is 0 Å². The molecule has 1 rings (SSSR count). The van der Waals surface area contributed by atoms with E-state index < -0.39 is 11.9 Å². The summed E-state index contributed by atoms with van der Waals surface area (Å²) in [5, 5.41) is 2.47. The van der Waals surface area contributed by atoms with Crippen molar-refractivity contribution in [2.45, 2.75) is 26.5 Å². The van der Waals surface area contributed by atoms with Gasteiger partial charge in [-0.25, -0.2) is 0 Å². The summed E-state index contributed by atoms with van der Waals surface area (Å²) in [6.45, 7) is 3.00. The van der Waals surface area contributed by atoms with E-state index in [2.05, 4.69) is 5.32 Å². The van der Waals surface area contributed by atoms with Crippen LogP contribution < -0.4 is 11.1 Å². The Balaban J connectivity index is 2.62. The van der Waals surface area contributed by atoms with E-state index >= 15 is 0 Å². The first-order valence-electron chi connectivity index (χ1n) is 5.72. The highest BCUT2D eigenvalue weighted by Crippen LogP contribution is 2.06. The molecule has 0 aliphatic rings. The Morgan fingerprint density at radius 2 is 1.84 bits per heavy atom. The molecule has 0 aliphatic heterocycles. The minimum Gasteiger partial charge on any atom is -0.461 e. The normalized spacial score (nSPS) is 11.5. The van der Waals surface area contributed by atoms with Crippen molar-refractivity contribution in [1.29, 1.82) is 0 Å². The van der Waals surface area contributed by atoms with Gasteiger partial charge in [0.2, 0.25) is 5.91 Å². The lowest BCUT2D eigenvalue weighted by Crippen LogP contribution is -2.42. The number of amides is 2. The van der Waals surface area contributed by atoms with Crippen molar-refractivity contribution in [3.63, 3.8) is 0 Å². The third-order valence-electron chi connectivity index (χ3n) is 2.43. The van der Waals surface area contributed by atoms with Crippen molar-refractivity contribution in [2.75, 3.05) is 0 Å². The highest BCUT2D eigenvalue weighted by Gasteiger charge is 2.13. The summed E-state index contributed by atoms with van der Waals surface area (Å²) in [7, 11) is 0. The van der Waals surface area contributed by atoms with Gasteiger partial charge in [0.1, 0.15) is 12.6 Å². The SMILES string of the molecule is CC(=O)OCc1ccc(C(=O)N[C@H](C)C(N)=O)cc1. The van der Waals surface area contributed by atoms with Crippen LogP contribution in [0.25, 0.3) is 0 Å². The second-order valence-corrected chi connectivity index (χ2v) is 4.07. The minimum absolute atomic E-state index is 0.162. The Morgan fingerprint density at radius 3 is 2.32 bits per heavy atom. The zero-order chi connectivity index (χ0) is 14.4. The number of rotatable bonds is 5. The molecule has 3 N–H and O–H groups in total. The van der Waals surface area contributed by atoms with Crippen LogP contribution in [0.3, 0.4) is 0 Å². The van der Waals surface area contributed by atoms with Crippen LogP contribution in [-0.4, -0.2) is 23.8 Å². The van der Waals surface area contributed by atoms with Crippen molar-refractivity contribution in [2.24, 2.45) is 5.73 Å². The van der Waals surface area contributed by atoms with Gasteiger partial charge in [0.15, 0.2) is 0 Å². The van der Waals surface area contributed by atoms with Crippen LogP contribution in [0, 0.1) is 0 Å². The molecule has 0 bridgehead atoms. The van der Waals surface area contributed by atoms with Gasteiger partial charge in [0, 0.05) is 12.5 Å². The molecule has 0 aliphatic carbocycles. The number of carbonyl (C=O) groups excluding carboxylic acids is 3. The maximum Gasteiger partial charge on any atom is 0.302 e. The Kier molecular flexibility index (Phi) is 5.05. The summed E-state index contributed by atoms with van der Waals surface area (Å²) >= 11 is 0. The van der Waals surface area contributed by atoms with Crippen molar-refractivity contribution in [3.05, 3.63) is 35.4 Å². The van der Waals surface area contributed by atoms with Crippen LogP contribution in [0.15, 0.2) is 24.3 Å². The fraction of sp³-hybridized carbons (Fsp3) is 0.308. The van der Waals surface area contributed by atoms with Gasteiger partial charge in [0.25, 0.3) is 5.91 Å². The Bertz CT molecular complexity index is 482.